The van der Waals surface area contributed by atoms with Gasteiger partial charge in [0.25, 0.3) is 0 Å². The molecule has 0 saturated carbocycles. The summed E-state index contributed by atoms with van der Waals surface area (Å²) in [6.45, 7) is 4.08. The normalized spacial score (nSPS) is 10.6. The van der Waals surface area contributed by atoms with Crippen molar-refractivity contribution in [2.24, 2.45) is 0 Å². The summed E-state index contributed by atoms with van der Waals surface area (Å²) in [4.78, 5) is 23.7. The van der Waals surface area contributed by atoms with E-state index in [0.29, 0.717) is 17.1 Å². The number of benzene rings is 1. The van der Waals surface area contributed by atoms with Crippen LogP contribution >= 0.6 is 11.6 Å². The van der Waals surface area contributed by atoms with Crippen LogP contribution in [0.2, 0.25) is 5.02 Å². The van der Waals surface area contributed by atoms with E-state index in [-0.39, 0.29) is 18.1 Å². The molecule has 0 atom stereocenters. The molecule has 0 bridgehead atoms. The van der Waals surface area contributed by atoms with Gasteiger partial charge in [0.1, 0.15) is 5.78 Å². The summed E-state index contributed by atoms with van der Waals surface area (Å²) in [5, 5.41) is 3.41. The maximum atomic E-state index is 11.9. The zero-order valence-corrected chi connectivity index (χ0v) is 15.0. The highest BCUT2D eigenvalue weighted by Crippen LogP contribution is 2.19. The highest BCUT2D eigenvalue weighted by atomic mass is 35.5. The summed E-state index contributed by atoms with van der Waals surface area (Å²) in [5.41, 5.74) is 1.61. The van der Waals surface area contributed by atoms with E-state index in [1.165, 1.54) is 32.1 Å². The number of aryl methyl sites for hydroxylation is 1. The Morgan fingerprint density at radius 2 is 1.70 bits per heavy atom. The SMILES string of the molecule is CCCCCCCCCC(=O)CC(=O)Nc1ccc(Cl)cc1C. The molecule has 128 valence electrons. The number of halogens is 1. The quantitative estimate of drug-likeness (QED) is 0.416. The van der Waals surface area contributed by atoms with E-state index in [2.05, 4.69) is 12.2 Å². The Morgan fingerprint density at radius 3 is 2.35 bits per heavy atom. The molecule has 1 amide bonds. The molecular formula is C19H28ClNO2. The van der Waals surface area contributed by atoms with E-state index in [1.54, 1.807) is 18.2 Å². The standard InChI is InChI=1S/C19H28ClNO2/c1-3-4-5-6-7-8-9-10-17(22)14-19(23)21-18-12-11-16(20)13-15(18)2/h11-13H,3-10,14H2,1-2H3,(H,21,23). The smallest absolute Gasteiger partial charge is 0.231 e. The fraction of sp³-hybridized carbons (Fsp3) is 0.579. The first kappa shape index (κ1) is 19.7. The molecule has 0 aliphatic carbocycles. The summed E-state index contributed by atoms with van der Waals surface area (Å²) in [7, 11) is 0. The van der Waals surface area contributed by atoms with E-state index in [9.17, 15) is 9.59 Å². The average Bonchev–Trinajstić information content (AvgIpc) is 2.49. The van der Waals surface area contributed by atoms with Crippen LogP contribution < -0.4 is 5.32 Å². The molecule has 0 aromatic heterocycles. The van der Waals surface area contributed by atoms with Crippen LogP contribution in [0.3, 0.4) is 0 Å². The minimum absolute atomic E-state index is 0.0164. The lowest BCUT2D eigenvalue weighted by molar-refractivity contribution is -0.125. The molecule has 1 N–H and O–H groups in total. The molecule has 0 aliphatic heterocycles. The summed E-state index contributed by atoms with van der Waals surface area (Å²) in [6.07, 6.45) is 8.68. The molecule has 0 spiro atoms. The van der Waals surface area contributed by atoms with E-state index in [1.807, 2.05) is 6.92 Å². The molecule has 0 aliphatic rings. The number of hydrogen-bond acceptors (Lipinski definition) is 2. The molecule has 1 rings (SSSR count). The first-order chi connectivity index (χ1) is 11.0. The molecule has 1 aromatic rings. The van der Waals surface area contributed by atoms with Crippen LogP contribution in [0, 0.1) is 6.92 Å². The lowest BCUT2D eigenvalue weighted by Crippen LogP contribution is -2.16. The number of nitrogens with one attached hydrogen (secondary N) is 1. The van der Waals surface area contributed by atoms with Crippen LogP contribution in [0.15, 0.2) is 18.2 Å². The van der Waals surface area contributed by atoms with Crippen molar-refractivity contribution in [3.63, 3.8) is 0 Å². The van der Waals surface area contributed by atoms with Gasteiger partial charge < -0.3 is 5.32 Å². The van der Waals surface area contributed by atoms with E-state index in [0.717, 1.165) is 18.4 Å². The second-order valence-electron chi connectivity index (χ2n) is 6.09. The number of unbranched alkanes of at least 4 members (excludes halogenated alkanes) is 6. The van der Waals surface area contributed by atoms with Gasteiger partial charge >= 0.3 is 0 Å². The van der Waals surface area contributed by atoms with Gasteiger partial charge in [-0.15, -0.1) is 0 Å². The molecule has 0 heterocycles. The van der Waals surface area contributed by atoms with Crippen molar-refractivity contribution in [3.8, 4) is 0 Å². The Kier molecular flexibility index (Phi) is 9.61. The maximum absolute atomic E-state index is 11.9. The van der Waals surface area contributed by atoms with Gasteiger partial charge in [0.05, 0.1) is 6.42 Å². The molecule has 0 unspecified atom stereocenters. The first-order valence-electron chi connectivity index (χ1n) is 8.60. The second kappa shape index (κ2) is 11.2. The Morgan fingerprint density at radius 1 is 1.04 bits per heavy atom. The third-order valence-electron chi connectivity index (χ3n) is 3.88. The lowest BCUT2D eigenvalue weighted by Gasteiger charge is -2.08. The van der Waals surface area contributed by atoms with Gasteiger partial charge in [0.15, 0.2) is 0 Å². The van der Waals surface area contributed by atoms with Crippen LogP contribution in [0.4, 0.5) is 5.69 Å². The van der Waals surface area contributed by atoms with Gasteiger partial charge in [0, 0.05) is 17.1 Å². The molecule has 3 nitrogen and oxygen atoms in total. The topological polar surface area (TPSA) is 46.2 Å². The Balaban J connectivity index is 2.19. The monoisotopic (exact) mass is 337 g/mol. The van der Waals surface area contributed by atoms with Crippen molar-refractivity contribution < 1.29 is 9.59 Å². The number of hydrogen-bond donors (Lipinski definition) is 1. The zero-order valence-electron chi connectivity index (χ0n) is 14.3. The number of amides is 1. The lowest BCUT2D eigenvalue weighted by atomic mass is 10.1. The summed E-state index contributed by atoms with van der Waals surface area (Å²) in [5.74, 6) is -0.231. The van der Waals surface area contributed by atoms with Crippen molar-refractivity contribution >= 4 is 29.0 Å². The predicted octanol–water partition coefficient (Wildman–Crippen LogP) is 5.69. The predicted molar refractivity (Wildman–Crippen MR) is 97.1 cm³/mol. The Labute approximate surface area is 144 Å². The van der Waals surface area contributed by atoms with Crippen LogP contribution in [-0.4, -0.2) is 11.7 Å². The summed E-state index contributed by atoms with van der Waals surface area (Å²) >= 11 is 5.88. The fourth-order valence-electron chi connectivity index (χ4n) is 2.51. The number of rotatable bonds is 11. The van der Waals surface area contributed by atoms with Gasteiger partial charge in [-0.2, -0.15) is 0 Å². The van der Waals surface area contributed by atoms with Crippen molar-refractivity contribution in [1.29, 1.82) is 0 Å². The molecule has 23 heavy (non-hydrogen) atoms. The van der Waals surface area contributed by atoms with Gasteiger partial charge in [-0.25, -0.2) is 0 Å². The third kappa shape index (κ3) is 8.75. The van der Waals surface area contributed by atoms with Crippen molar-refractivity contribution in [1.82, 2.24) is 0 Å². The Hall–Kier alpha value is -1.35. The van der Waals surface area contributed by atoms with Crippen molar-refractivity contribution in [2.45, 2.75) is 71.6 Å². The molecule has 4 heteroatoms. The van der Waals surface area contributed by atoms with Crippen LogP contribution in [0.25, 0.3) is 0 Å². The summed E-state index contributed by atoms with van der Waals surface area (Å²) in [6, 6.07) is 5.28. The van der Waals surface area contributed by atoms with Crippen molar-refractivity contribution in [3.05, 3.63) is 28.8 Å². The first-order valence-corrected chi connectivity index (χ1v) is 8.98. The molecular weight excluding hydrogens is 310 g/mol. The van der Waals surface area contributed by atoms with Gasteiger partial charge in [0.2, 0.25) is 5.91 Å². The number of carbonyl (C=O) groups is 2. The summed E-state index contributed by atoms with van der Waals surface area (Å²) < 4.78 is 0. The minimum Gasteiger partial charge on any atom is -0.325 e. The molecule has 0 saturated heterocycles. The van der Waals surface area contributed by atoms with Crippen molar-refractivity contribution in [2.75, 3.05) is 5.32 Å². The highest BCUT2D eigenvalue weighted by molar-refractivity contribution is 6.30. The largest absolute Gasteiger partial charge is 0.325 e. The van der Waals surface area contributed by atoms with E-state index < -0.39 is 0 Å². The number of Topliss-reactive ketones (excluding diaryl/α,β-unsaturated/α-hetero) is 1. The number of anilines is 1. The van der Waals surface area contributed by atoms with Gasteiger partial charge in [-0.1, -0.05) is 57.0 Å². The fourth-order valence-corrected chi connectivity index (χ4v) is 2.74. The average molecular weight is 338 g/mol. The Bertz CT molecular complexity index is 514. The molecule has 0 radical (unpaired) electrons. The molecule has 0 fully saturated rings. The number of ketones is 1. The maximum Gasteiger partial charge on any atom is 0.231 e. The minimum atomic E-state index is -0.247. The molecule has 1 aromatic carbocycles. The van der Waals surface area contributed by atoms with Crippen LogP contribution in [0.1, 0.15) is 70.3 Å². The van der Waals surface area contributed by atoms with Gasteiger partial charge in [-0.05, 0) is 37.1 Å². The van der Waals surface area contributed by atoms with E-state index in [4.69, 9.17) is 11.6 Å². The zero-order chi connectivity index (χ0) is 17.1. The van der Waals surface area contributed by atoms with Crippen LogP contribution in [-0.2, 0) is 9.59 Å². The highest BCUT2D eigenvalue weighted by Gasteiger charge is 2.10. The van der Waals surface area contributed by atoms with Crippen LogP contribution in [0.5, 0.6) is 0 Å². The van der Waals surface area contributed by atoms with E-state index >= 15 is 0 Å². The second-order valence-corrected chi connectivity index (χ2v) is 6.53. The third-order valence-corrected chi connectivity index (χ3v) is 4.11. The number of carbonyl (C=O) groups excluding carboxylic acids is 2. The van der Waals surface area contributed by atoms with Gasteiger partial charge in [-0.3, -0.25) is 9.59 Å².